The van der Waals surface area contributed by atoms with Gasteiger partial charge in [-0.15, -0.1) is 0 Å². The van der Waals surface area contributed by atoms with Crippen LogP contribution in [-0.4, -0.2) is 36.2 Å². The molecule has 0 amide bonds. The summed E-state index contributed by atoms with van der Waals surface area (Å²) in [6.45, 7) is 3.65. The van der Waals surface area contributed by atoms with E-state index in [-0.39, 0.29) is 18.8 Å². The Morgan fingerprint density at radius 1 is 1.18 bits per heavy atom. The Kier molecular flexibility index (Phi) is 5.67. The molecule has 0 bridgehead atoms. The van der Waals surface area contributed by atoms with Crippen LogP contribution in [0.4, 0.5) is 20.3 Å². The summed E-state index contributed by atoms with van der Waals surface area (Å²) in [5.74, 6) is -3.00. The Balaban J connectivity index is 2.14. The molecule has 0 saturated carbocycles. The first kappa shape index (κ1) is 19.5. The van der Waals surface area contributed by atoms with E-state index in [2.05, 4.69) is 9.97 Å². The molecule has 3 rings (SSSR count). The first-order valence-electron chi connectivity index (χ1n) is 8.74. The number of hydrogen-bond donors (Lipinski definition) is 0. The van der Waals surface area contributed by atoms with E-state index in [1.807, 2.05) is 12.1 Å². The van der Waals surface area contributed by atoms with Crippen molar-refractivity contribution in [1.82, 2.24) is 9.97 Å². The van der Waals surface area contributed by atoms with Crippen LogP contribution in [0.15, 0.2) is 36.5 Å². The van der Waals surface area contributed by atoms with Crippen LogP contribution < -0.4 is 9.64 Å². The lowest BCUT2D eigenvalue weighted by atomic mass is 10.1. The van der Waals surface area contributed by atoms with Crippen LogP contribution in [0, 0.1) is 11.6 Å². The smallest absolute Gasteiger partial charge is 0.345 e. The Bertz CT molecular complexity index is 1030. The van der Waals surface area contributed by atoms with Crippen LogP contribution >= 0.6 is 0 Å². The van der Waals surface area contributed by atoms with Gasteiger partial charge in [0.1, 0.15) is 11.4 Å². The Morgan fingerprint density at radius 2 is 1.89 bits per heavy atom. The van der Waals surface area contributed by atoms with E-state index in [1.54, 1.807) is 26.0 Å². The first-order chi connectivity index (χ1) is 13.5. The van der Waals surface area contributed by atoms with Crippen LogP contribution in [0.25, 0.3) is 11.0 Å². The van der Waals surface area contributed by atoms with Gasteiger partial charge in [0.2, 0.25) is 0 Å². The molecule has 0 aliphatic carbocycles. The van der Waals surface area contributed by atoms with Gasteiger partial charge in [-0.2, -0.15) is 0 Å². The van der Waals surface area contributed by atoms with Gasteiger partial charge in [0.05, 0.1) is 36.6 Å². The van der Waals surface area contributed by atoms with Crippen molar-refractivity contribution in [3.63, 3.8) is 0 Å². The molecule has 146 valence electrons. The molecule has 1 aromatic heterocycles. The average molecular weight is 387 g/mol. The number of carbonyl (C=O) groups is 1. The third-order valence-corrected chi connectivity index (χ3v) is 4.16. The molecule has 0 aliphatic heterocycles. The van der Waals surface area contributed by atoms with Crippen LogP contribution in [0.2, 0.25) is 0 Å². The molecule has 0 saturated heterocycles. The van der Waals surface area contributed by atoms with Crippen molar-refractivity contribution in [3.05, 3.63) is 53.7 Å². The molecule has 0 aliphatic rings. The van der Waals surface area contributed by atoms with Crippen LogP contribution in [0.3, 0.4) is 0 Å². The Labute approximate surface area is 160 Å². The van der Waals surface area contributed by atoms with Crippen molar-refractivity contribution < 1.29 is 23.0 Å². The number of rotatable bonds is 6. The summed E-state index contributed by atoms with van der Waals surface area (Å²) in [6.07, 6.45) is 1.48. The molecular weight excluding hydrogens is 368 g/mol. The van der Waals surface area contributed by atoms with E-state index in [9.17, 15) is 9.18 Å². The fourth-order valence-electron chi connectivity index (χ4n) is 2.90. The molecule has 0 fully saturated rings. The summed E-state index contributed by atoms with van der Waals surface area (Å²) in [7, 11) is 1.16. The van der Waals surface area contributed by atoms with E-state index >= 15 is 4.39 Å². The zero-order valence-electron chi connectivity index (χ0n) is 15.7. The first-order valence-corrected chi connectivity index (χ1v) is 8.74. The number of benzene rings is 2. The van der Waals surface area contributed by atoms with Gasteiger partial charge in [0.25, 0.3) is 0 Å². The van der Waals surface area contributed by atoms with Gasteiger partial charge >= 0.3 is 5.97 Å². The number of methoxy groups -OCH3 is 1. The zero-order valence-corrected chi connectivity index (χ0v) is 15.7. The lowest BCUT2D eigenvalue weighted by Gasteiger charge is -2.24. The highest BCUT2D eigenvalue weighted by Gasteiger charge is 2.28. The van der Waals surface area contributed by atoms with Crippen molar-refractivity contribution in [1.29, 1.82) is 0 Å². The molecule has 0 atom stereocenters. The molecule has 6 nitrogen and oxygen atoms in total. The van der Waals surface area contributed by atoms with Crippen molar-refractivity contribution in [2.24, 2.45) is 0 Å². The standard InChI is InChI=1S/C20H19F2N3O3/c1-4-25(16-11-23-13-8-6-7-9-14(13)24-16)15-10-12(21)17(20(26)28-5-2)19(27-3)18(15)22/h6-11H,4-5H2,1-3H3. The Morgan fingerprint density at radius 3 is 2.54 bits per heavy atom. The minimum Gasteiger partial charge on any atom is -0.493 e. The maximum absolute atomic E-state index is 15.2. The number of nitrogens with zero attached hydrogens (tertiary/aromatic N) is 3. The van der Waals surface area contributed by atoms with Gasteiger partial charge < -0.3 is 14.4 Å². The number of aromatic nitrogens is 2. The Hall–Kier alpha value is -3.29. The highest BCUT2D eigenvalue weighted by Crippen LogP contribution is 2.36. The number of fused-ring (bicyclic) bond motifs is 1. The molecule has 3 aromatic rings. The van der Waals surface area contributed by atoms with Crippen molar-refractivity contribution in [2.45, 2.75) is 13.8 Å². The van der Waals surface area contributed by atoms with E-state index in [4.69, 9.17) is 9.47 Å². The number of ether oxygens (including phenoxy) is 2. The topological polar surface area (TPSA) is 64.5 Å². The summed E-state index contributed by atoms with van der Waals surface area (Å²) < 4.78 is 39.7. The van der Waals surface area contributed by atoms with E-state index in [0.717, 1.165) is 13.2 Å². The zero-order chi connectivity index (χ0) is 20.3. The van der Waals surface area contributed by atoms with E-state index < -0.39 is 28.9 Å². The predicted molar refractivity (Wildman–Crippen MR) is 101 cm³/mol. The quantitative estimate of drug-likeness (QED) is 0.589. The fraction of sp³-hybridized carbons (Fsp3) is 0.250. The predicted octanol–water partition coefficient (Wildman–Crippen LogP) is 4.25. The summed E-state index contributed by atoms with van der Waals surface area (Å²) in [5, 5.41) is 0. The van der Waals surface area contributed by atoms with E-state index in [1.165, 1.54) is 11.1 Å². The second-order valence-corrected chi connectivity index (χ2v) is 5.78. The molecule has 1 heterocycles. The average Bonchev–Trinajstić information content (AvgIpc) is 2.70. The van der Waals surface area contributed by atoms with Crippen molar-refractivity contribution in [2.75, 3.05) is 25.2 Å². The number of halogens is 2. The molecule has 28 heavy (non-hydrogen) atoms. The third-order valence-electron chi connectivity index (χ3n) is 4.16. The number of carbonyl (C=O) groups excluding carboxylic acids is 1. The second kappa shape index (κ2) is 8.16. The maximum atomic E-state index is 15.2. The molecule has 0 N–H and O–H groups in total. The van der Waals surface area contributed by atoms with Gasteiger partial charge in [-0.25, -0.2) is 18.6 Å². The normalized spacial score (nSPS) is 10.8. The van der Waals surface area contributed by atoms with Crippen molar-refractivity contribution >= 4 is 28.5 Å². The highest BCUT2D eigenvalue weighted by molar-refractivity contribution is 5.94. The van der Waals surface area contributed by atoms with Gasteiger partial charge in [0, 0.05) is 12.6 Å². The lowest BCUT2D eigenvalue weighted by Crippen LogP contribution is -2.21. The fourth-order valence-corrected chi connectivity index (χ4v) is 2.90. The molecule has 0 radical (unpaired) electrons. The SMILES string of the molecule is CCOC(=O)c1c(F)cc(N(CC)c2cnc3ccccc3n2)c(F)c1OC. The highest BCUT2D eigenvalue weighted by atomic mass is 19.1. The van der Waals surface area contributed by atoms with Crippen LogP contribution in [0.1, 0.15) is 24.2 Å². The minimum absolute atomic E-state index is 0.0264. The minimum atomic E-state index is -0.990. The van der Waals surface area contributed by atoms with Crippen molar-refractivity contribution in [3.8, 4) is 5.75 Å². The molecule has 8 heteroatoms. The summed E-state index contributed by atoms with van der Waals surface area (Å²) in [4.78, 5) is 22.3. The molecule has 0 unspecified atom stereocenters. The molecular formula is C20H19F2N3O3. The molecule has 0 spiro atoms. The van der Waals surface area contributed by atoms with Crippen LogP contribution in [0.5, 0.6) is 5.75 Å². The third kappa shape index (κ3) is 3.45. The number of anilines is 2. The van der Waals surface area contributed by atoms with Gasteiger partial charge in [-0.3, -0.25) is 4.98 Å². The molecule has 2 aromatic carbocycles. The summed E-state index contributed by atoms with van der Waals surface area (Å²) in [6, 6.07) is 8.17. The summed E-state index contributed by atoms with van der Waals surface area (Å²) in [5.41, 5.74) is 0.611. The largest absolute Gasteiger partial charge is 0.493 e. The second-order valence-electron chi connectivity index (χ2n) is 5.78. The monoisotopic (exact) mass is 387 g/mol. The number of hydrogen-bond acceptors (Lipinski definition) is 6. The van der Waals surface area contributed by atoms with Gasteiger partial charge in [-0.1, -0.05) is 12.1 Å². The summed E-state index contributed by atoms with van der Waals surface area (Å²) >= 11 is 0. The van der Waals surface area contributed by atoms with Gasteiger partial charge in [0.15, 0.2) is 17.4 Å². The maximum Gasteiger partial charge on any atom is 0.345 e. The van der Waals surface area contributed by atoms with E-state index in [0.29, 0.717) is 16.9 Å². The number of esters is 1. The number of para-hydroxylation sites is 2. The van der Waals surface area contributed by atoms with Gasteiger partial charge in [-0.05, 0) is 26.0 Å². The lowest BCUT2D eigenvalue weighted by molar-refractivity contribution is 0.0516. The van der Waals surface area contributed by atoms with Crippen LogP contribution in [-0.2, 0) is 4.74 Å².